The molecule has 0 aliphatic heterocycles. The lowest BCUT2D eigenvalue weighted by molar-refractivity contribution is 0.0775. The van der Waals surface area contributed by atoms with E-state index in [1.165, 1.54) is 0 Å². The smallest absolute Gasteiger partial charge is 0.276 e. The van der Waals surface area contributed by atoms with Crippen molar-refractivity contribution >= 4 is 17.2 Å². The van der Waals surface area contributed by atoms with Crippen LogP contribution in [-0.2, 0) is 6.54 Å². The van der Waals surface area contributed by atoms with Gasteiger partial charge in [-0.3, -0.25) is 4.79 Å². The number of aromatic nitrogens is 3. The molecule has 1 aromatic carbocycles. The summed E-state index contributed by atoms with van der Waals surface area (Å²) in [6, 6.07) is 15.4. The Morgan fingerprint density at radius 3 is 2.85 bits per heavy atom. The number of nitrogens with zero attached hydrogens (tertiary/aromatic N) is 4. The molecule has 1 amide bonds. The normalized spacial score (nSPS) is 10.8. The van der Waals surface area contributed by atoms with Crippen LogP contribution in [-0.4, -0.2) is 32.8 Å². The minimum Gasteiger partial charge on any atom is -0.355 e. The third kappa shape index (κ3) is 3.29. The summed E-state index contributed by atoms with van der Waals surface area (Å²) in [7, 11) is 1.74. The van der Waals surface area contributed by atoms with Crippen LogP contribution in [0, 0.1) is 0 Å². The van der Waals surface area contributed by atoms with E-state index in [1.807, 2.05) is 54.0 Å². The van der Waals surface area contributed by atoms with Gasteiger partial charge in [-0.25, -0.2) is 4.68 Å². The number of carbonyl (C=O) groups is 1. The van der Waals surface area contributed by atoms with Crippen molar-refractivity contribution in [2.45, 2.75) is 6.54 Å². The molecule has 0 radical (unpaired) electrons. The Morgan fingerprint density at radius 1 is 1.23 bits per heavy atom. The van der Waals surface area contributed by atoms with Crippen molar-refractivity contribution in [1.82, 2.24) is 19.8 Å². The maximum atomic E-state index is 12.6. The number of carbonyl (C=O) groups excluding carboxylic acids is 1. The van der Waals surface area contributed by atoms with Crippen molar-refractivity contribution in [1.29, 1.82) is 0 Å². The average molecular weight is 364 g/mol. The Bertz CT molecular complexity index is 1010. The second-order valence-corrected chi connectivity index (χ2v) is 6.79. The fourth-order valence-electron chi connectivity index (χ4n) is 2.62. The van der Waals surface area contributed by atoms with Crippen LogP contribution in [0.1, 0.15) is 16.1 Å². The molecular formula is C19H16N4O2S. The standard InChI is InChI=1S/C19H16N4O2S/c1-22(12-14-11-20-23(13-14)15-6-3-2-4-7-15)19(24)16-10-17(25-21-16)18-8-5-9-26-18/h2-11,13H,12H2,1H3. The van der Waals surface area contributed by atoms with Crippen LogP contribution in [0.5, 0.6) is 0 Å². The molecule has 0 N–H and O–H groups in total. The Kier molecular flexibility index (Phi) is 4.37. The topological polar surface area (TPSA) is 64.2 Å². The summed E-state index contributed by atoms with van der Waals surface area (Å²) in [6.45, 7) is 0.437. The minimum atomic E-state index is -0.191. The molecule has 0 fully saturated rings. The van der Waals surface area contributed by atoms with E-state index in [0.717, 1.165) is 16.1 Å². The molecule has 0 atom stereocenters. The Morgan fingerprint density at radius 2 is 2.08 bits per heavy atom. The van der Waals surface area contributed by atoms with Gasteiger partial charge >= 0.3 is 0 Å². The number of para-hydroxylation sites is 1. The van der Waals surface area contributed by atoms with Gasteiger partial charge in [-0.2, -0.15) is 5.10 Å². The van der Waals surface area contributed by atoms with E-state index in [9.17, 15) is 4.79 Å². The van der Waals surface area contributed by atoms with E-state index in [2.05, 4.69) is 10.3 Å². The van der Waals surface area contributed by atoms with E-state index in [1.54, 1.807) is 40.2 Å². The minimum absolute atomic E-state index is 0.191. The van der Waals surface area contributed by atoms with E-state index < -0.39 is 0 Å². The summed E-state index contributed by atoms with van der Waals surface area (Å²) in [5.74, 6) is 0.415. The molecule has 0 spiro atoms. The van der Waals surface area contributed by atoms with Gasteiger partial charge in [0.15, 0.2) is 11.5 Å². The lowest BCUT2D eigenvalue weighted by Crippen LogP contribution is -2.26. The number of thiophene rings is 1. The Hall–Kier alpha value is -3.19. The van der Waals surface area contributed by atoms with Gasteiger partial charge in [0.05, 0.1) is 16.8 Å². The molecular weight excluding hydrogens is 348 g/mol. The van der Waals surface area contributed by atoms with E-state index >= 15 is 0 Å². The van der Waals surface area contributed by atoms with Crippen molar-refractivity contribution in [3.8, 4) is 16.3 Å². The van der Waals surface area contributed by atoms with E-state index in [0.29, 0.717) is 18.0 Å². The summed E-state index contributed by atoms with van der Waals surface area (Å²) in [6.07, 6.45) is 3.68. The SMILES string of the molecule is CN(Cc1cnn(-c2ccccc2)c1)C(=O)c1cc(-c2cccs2)on1. The Balaban J connectivity index is 1.46. The van der Waals surface area contributed by atoms with Crippen molar-refractivity contribution in [3.05, 3.63) is 77.6 Å². The number of benzene rings is 1. The largest absolute Gasteiger partial charge is 0.355 e. The van der Waals surface area contributed by atoms with Gasteiger partial charge in [-0.15, -0.1) is 11.3 Å². The van der Waals surface area contributed by atoms with Crippen LogP contribution < -0.4 is 0 Å². The molecule has 0 saturated heterocycles. The zero-order chi connectivity index (χ0) is 17.9. The molecule has 0 aliphatic rings. The van der Waals surface area contributed by atoms with Gasteiger partial charge in [0.1, 0.15) is 0 Å². The lowest BCUT2D eigenvalue weighted by atomic mass is 10.2. The highest BCUT2D eigenvalue weighted by molar-refractivity contribution is 7.13. The predicted molar refractivity (Wildman–Crippen MR) is 99.2 cm³/mol. The third-order valence-electron chi connectivity index (χ3n) is 3.92. The van der Waals surface area contributed by atoms with Crippen LogP contribution >= 0.6 is 11.3 Å². The summed E-state index contributed by atoms with van der Waals surface area (Å²) >= 11 is 1.54. The molecule has 0 aliphatic carbocycles. The fourth-order valence-corrected chi connectivity index (χ4v) is 3.29. The van der Waals surface area contributed by atoms with E-state index in [-0.39, 0.29) is 5.91 Å². The van der Waals surface area contributed by atoms with Crippen molar-refractivity contribution in [2.75, 3.05) is 7.05 Å². The van der Waals surface area contributed by atoms with E-state index in [4.69, 9.17) is 4.52 Å². The van der Waals surface area contributed by atoms with Gasteiger partial charge in [-0.05, 0) is 23.6 Å². The summed E-state index contributed by atoms with van der Waals surface area (Å²) in [4.78, 5) is 15.1. The molecule has 26 heavy (non-hydrogen) atoms. The van der Waals surface area contributed by atoms with Crippen LogP contribution in [0.2, 0.25) is 0 Å². The molecule has 130 valence electrons. The highest BCUT2D eigenvalue weighted by Gasteiger charge is 2.18. The maximum absolute atomic E-state index is 12.6. The predicted octanol–water partition coefficient (Wildman–Crippen LogP) is 3.86. The second-order valence-electron chi connectivity index (χ2n) is 5.84. The van der Waals surface area contributed by atoms with Crippen LogP contribution in [0.3, 0.4) is 0 Å². The summed E-state index contributed by atoms with van der Waals surface area (Å²) in [5, 5.41) is 10.2. The summed E-state index contributed by atoms with van der Waals surface area (Å²) in [5.41, 5.74) is 2.21. The first-order valence-corrected chi connectivity index (χ1v) is 8.94. The quantitative estimate of drug-likeness (QED) is 0.539. The molecule has 7 heteroatoms. The molecule has 4 rings (SSSR count). The van der Waals surface area contributed by atoms with Gasteiger partial charge in [0.2, 0.25) is 0 Å². The summed E-state index contributed by atoms with van der Waals surface area (Å²) < 4.78 is 7.08. The average Bonchev–Trinajstić information content (AvgIpc) is 3.42. The van der Waals surface area contributed by atoms with Crippen molar-refractivity contribution < 1.29 is 9.32 Å². The van der Waals surface area contributed by atoms with Gasteiger partial charge in [0.25, 0.3) is 5.91 Å². The molecule has 3 aromatic heterocycles. The van der Waals surface area contributed by atoms with Crippen LogP contribution in [0.4, 0.5) is 0 Å². The molecule has 3 heterocycles. The van der Waals surface area contributed by atoms with Crippen LogP contribution in [0.15, 0.2) is 70.8 Å². The number of rotatable bonds is 5. The second kappa shape index (κ2) is 6.97. The Labute approximate surface area is 154 Å². The maximum Gasteiger partial charge on any atom is 0.276 e. The first-order valence-electron chi connectivity index (χ1n) is 8.06. The highest BCUT2D eigenvalue weighted by atomic mass is 32.1. The lowest BCUT2D eigenvalue weighted by Gasteiger charge is -2.14. The van der Waals surface area contributed by atoms with Crippen LogP contribution in [0.25, 0.3) is 16.3 Å². The zero-order valence-corrected chi connectivity index (χ0v) is 14.9. The molecule has 4 aromatic rings. The zero-order valence-electron chi connectivity index (χ0n) is 14.1. The van der Waals surface area contributed by atoms with Gasteiger partial charge < -0.3 is 9.42 Å². The molecule has 0 bridgehead atoms. The number of hydrogen-bond donors (Lipinski definition) is 0. The highest BCUT2D eigenvalue weighted by Crippen LogP contribution is 2.25. The van der Waals surface area contributed by atoms with Gasteiger partial charge in [0, 0.05) is 31.4 Å². The van der Waals surface area contributed by atoms with Crippen molar-refractivity contribution in [3.63, 3.8) is 0 Å². The number of amides is 1. The molecule has 0 unspecified atom stereocenters. The number of hydrogen-bond acceptors (Lipinski definition) is 5. The van der Waals surface area contributed by atoms with Gasteiger partial charge in [-0.1, -0.05) is 29.4 Å². The molecule has 0 saturated carbocycles. The van der Waals surface area contributed by atoms with Crippen molar-refractivity contribution in [2.24, 2.45) is 0 Å². The fraction of sp³-hybridized carbons (Fsp3) is 0.105. The first-order chi connectivity index (χ1) is 12.7. The monoisotopic (exact) mass is 364 g/mol. The third-order valence-corrected chi connectivity index (χ3v) is 4.80. The molecule has 6 nitrogen and oxygen atoms in total. The first kappa shape index (κ1) is 16.3.